The Bertz CT molecular complexity index is 1360. The molecule has 4 aromatic rings. The van der Waals surface area contributed by atoms with Crippen LogP contribution in [-0.2, 0) is 16.1 Å². The van der Waals surface area contributed by atoms with Crippen molar-refractivity contribution >= 4 is 22.9 Å². The number of fused-ring (bicyclic) bond motifs is 1. The highest BCUT2D eigenvalue weighted by Gasteiger charge is 2.29. The Morgan fingerprint density at radius 2 is 1.49 bits per heavy atom. The summed E-state index contributed by atoms with van der Waals surface area (Å²) in [5.41, 5.74) is 1.06. The number of esters is 2. The molecule has 0 aliphatic carbocycles. The van der Waals surface area contributed by atoms with Gasteiger partial charge in [-0.25, -0.2) is 9.59 Å². The summed E-state index contributed by atoms with van der Waals surface area (Å²) in [5.74, 6) is -1.16. The van der Waals surface area contributed by atoms with Crippen LogP contribution < -0.4 is 14.2 Å². The number of aromatic nitrogens is 3. The molecule has 0 spiro atoms. The number of carbonyl (C=O) groups excluding carboxylic acids is 2. The van der Waals surface area contributed by atoms with Crippen molar-refractivity contribution in [1.82, 2.24) is 15.0 Å². The molecule has 0 atom stereocenters. The van der Waals surface area contributed by atoms with Crippen LogP contribution in [0.2, 0.25) is 0 Å². The predicted octanol–water partition coefficient (Wildman–Crippen LogP) is 3.88. The zero-order valence-electron chi connectivity index (χ0n) is 19.4. The van der Waals surface area contributed by atoms with E-state index in [0.717, 1.165) is 5.56 Å². The van der Waals surface area contributed by atoms with E-state index >= 15 is 0 Å². The summed E-state index contributed by atoms with van der Waals surface area (Å²) in [7, 11) is 3.97. The van der Waals surface area contributed by atoms with Crippen LogP contribution >= 0.6 is 0 Å². The number of nitrogens with zero attached hydrogens (tertiary/aromatic N) is 3. The van der Waals surface area contributed by atoms with Gasteiger partial charge in [-0.1, -0.05) is 30.3 Å². The number of benzene rings is 2. The molecule has 0 fully saturated rings. The summed E-state index contributed by atoms with van der Waals surface area (Å²) >= 11 is 0. The second kappa shape index (κ2) is 10.1. The Labute approximate surface area is 199 Å². The SMILES string of the molecule is COC(=O)c1c(C)oc2ccc(Oc3nc(OC)nc(OC)n3)c(C(=O)OCc3ccccc3)c12. The van der Waals surface area contributed by atoms with Crippen molar-refractivity contribution in [2.24, 2.45) is 0 Å². The van der Waals surface area contributed by atoms with E-state index < -0.39 is 11.9 Å². The van der Waals surface area contributed by atoms with Gasteiger partial charge in [-0.2, -0.15) is 0 Å². The number of aryl methyl sites for hydroxylation is 1. The maximum absolute atomic E-state index is 13.4. The largest absolute Gasteiger partial charge is 0.467 e. The molecule has 35 heavy (non-hydrogen) atoms. The average Bonchev–Trinajstić information content (AvgIpc) is 3.22. The van der Waals surface area contributed by atoms with Crippen molar-refractivity contribution in [3.8, 4) is 23.8 Å². The van der Waals surface area contributed by atoms with Gasteiger partial charge in [0.1, 0.15) is 34.8 Å². The van der Waals surface area contributed by atoms with E-state index in [-0.39, 0.29) is 58.2 Å². The molecule has 180 valence electrons. The number of hydrogen-bond donors (Lipinski definition) is 0. The average molecular weight is 479 g/mol. The van der Waals surface area contributed by atoms with Crippen molar-refractivity contribution in [3.05, 3.63) is 64.9 Å². The summed E-state index contributed by atoms with van der Waals surface area (Å²) in [5, 5.41) is 0.179. The molecule has 2 aromatic carbocycles. The third kappa shape index (κ3) is 4.83. The smallest absolute Gasteiger partial charge is 0.343 e. The minimum Gasteiger partial charge on any atom is -0.467 e. The first-order valence-corrected chi connectivity index (χ1v) is 10.3. The van der Waals surface area contributed by atoms with Crippen molar-refractivity contribution < 1.29 is 37.7 Å². The van der Waals surface area contributed by atoms with E-state index in [9.17, 15) is 9.59 Å². The van der Waals surface area contributed by atoms with Crippen LogP contribution in [0.3, 0.4) is 0 Å². The van der Waals surface area contributed by atoms with Crippen molar-refractivity contribution in [2.45, 2.75) is 13.5 Å². The number of methoxy groups -OCH3 is 3. The number of hydrogen-bond acceptors (Lipinski definition) is 11. The van der Waals surface area contributed by atoms with Gasteiger partial charge in [0.05, 0.1) is 26.7 Å². The standard InChI is InChI=1S/C24H21N3O8/c1-13-17(20(28)30-2)18-15(34-13)10-11-16(35-24-26-22(31-3)25-23(27-24)32-4)19(18)21(29)33-12-14-8-6-5-7-9-14/h5-11H,12H2,1-4H3. The monoisotopic (exact) mass is 479 g/mol. The highest BCUT2D eigenvalue weighted by molar-refractivity contribution is 6.14. The van der Waals surface area contributed by atoms with Crippen molar-refractivity contribution in [1.29, 1.82) is 0 Å². The Balaban J connectivity index is 1.83. The third-order valence-corrected chi connectivity index (χ3v) is 4.94. The van der Waals surface area contributed by atoms with E-state index in [1.807, 2.05) is 30.3 Å². The van der Waals surface area contributed by atoms with E-state index in [0.29, 0.717) is 0 Å². The summed E-state index contributed by atoms with van der Waals surface area (Å²) in [4.78, 5) is 37.9. The minimum absolute atomic E-state index is 0.00665. The maximum atomic E-state index is 13.4. The molecule has 0 radical (unpaired) electrons. The third-order valence-electron chi connectivity index (χ3n) is 4.94. The van der Waals surface area contributed by atoms with Gasteiger partial charge in [-0.15, -0.1) is 15.0 Å². The van der Waals surface area contributed by atoms with Crippen LogP contribution in [0.1, 0.15) is 32.0 Å². The summed E-state index contributed by atoms with van der Waals surface area (Å²) in [6.07, 6.45) is 0. The van der Waals surface area contributed by atoms with Gasteiger partial charge < -0.3 is 28.1 Å². The second-order valence-corrected chi connectivity index (χ2v) is 7.09. The van der Waals surface area contributed by atoms with E-state index in [4.69, 9.17) is 28.1 Å². The van der Waals surface area contributed by atoms with Gasteiger partial charge >= 0.3 is 30.0 Å². The normalized spacial score (nSPS) is 10.6. The van der Waals surface area contributed by atoms with Gasteiger partial charge in [0.15, 0.2) is 0 Å². The van der Waals surface area contributed by atoms with Crippen LogP contribution in [0.5, 0.6) is 23.8 Å². The molecule has 4 rings (SSSR count). The molecule has 0 bridgehead atoms. The summed E-state index contributed by atoms with van der Waals surface area (Å²) < 4.78 is 32.1. The Hall–Kier alpha value is -4.67. The summed E-state index contributed by atoms with van der Waals surface area (Å²) in [6.45, 7) is 1.58. The molecule has 0 saturated heterocycles. The highest BCUT2D eigenvalue weighted by Crippen LogP contribution is 2.37. The van der Waals surface area contributed by atoms with Gasteiger partial charge in [0.25, 0.3) is 0 Å². The molecule has 0 saturated carbocycles. The topological polar surface area (TPSA) is 132 Å². The number of rotatable bonds is 8. The molecule has 0 aliphatic rings. The zero-order chi connectivity index (χ0) is 24.9. The predicted molar refractivity (Wildman–Crippen MR) is 121 cm³/mol. The first-order valence-electron chi connectivity index (χ1n) is 10.3. The van der Waals surface area contributed by atoms with Crippen molar-refractivity contribution in [2.75, 3.05) is 21.3 Å². The van der Waals surface area contributed by atoms with Crippen LogP contribution in [-0.4, -0.2) is 48.2 Å². The molecule has 0 amide bonds. The Morgan fingerprint density at radius 3 is 2.11 bits per heavy atom. The molecule has 2 aromatic heterocycles. The zero-order valence-corrected chi connectivity index (χ0v) is 19.4. The molecule has 0 aliphatic heterocycles. The first-order chi connectivity index (χ1) is 16.9. The highest BCUT2D eigenvalue weighted by atomic mass is 16.5. The van der Waals surface area contributed by atoms with E-state index in [1.54, 1.807) is 13.0 Å². The van der Waals surface area contributed by atoms with Gasteiger partial charge in [-0.05, 0) is 24.6 Å². The molecule has 0 N–H and O–H groups in total. The lowest BCUT2D eigenvalue weighted by Gasteiger charge is -2.12. The lowest BCUT2D eigenvalue weighted by Crippen LogP contribution is -2.11. The van der Waals surface area contributed by atoms with Crippen LogP contribution in [0.15, 0.2) is 46.9 Å². The fraction of sp³-hybridized carbons (Fsp3) is 0.208. The van der Waals surface area contributed by atoms with Crippen LogP contribution in [0.25, 0.3) is 11.0 Å². The van der Waals surface area contributed by atoms with E-state index in [2.05, 4.69) is 15.0 Å². The van der Waals surface area contributed by atoms with Crippen molar-refractivity contribution in [3.63, 3.8) is 0 Å². The summed E-state index contributed by atoms with van der Waals surface area (Å²) in [6, 6.07) is 11.8. The van der Waals surface area contributed by atoms with Crippen LogP contribution in [0.4, 0.5) is 0 Å². The Kier molecular flexibility index (Phi) is 6.76. The Morgan fingerprint density at radius 1 is 0.829 bits per heavy atom. The number of furan rings is 1. The van der Waals surface area contributed by atoms with Gasteiger partial charge in [0, 0.05) is 0 Å². The van der Waals surface area contributed by atoms with Crippen LogP contribution in [0, 0.1) is 6.92 Å². The van der Waals surface area contributed by atoms with Gasteiger partial charge in [0.2, 0.25) is 0 Å². The fourth-order valence-corrected chi connectivity index (χ4v) is 3.37. The molecule has 2 heterocycles. The molecular formula is C24H21N3O8. The molecule has 0 unspecified atom stereocenters. The minimum atomic E-state index is -0.756. The molecule has 11 heteroatoms. The van der Waals surface area contributed by atoms with Gasteiger partial charge in [-0.3, -0.25) is 0 Å². The molecule has 11 nitrogen and oxygen atoms in total. The first kappa shape index (κ1) is 23.5. The lowest BCUT2D eigenvalue weighted by molar-refractivity contribution is 0.0472. The fourth-order valence-electron chi connectivity index (χ4n) is 3.37. The van der Waals surface area contributed by atoms with E-state index in [1.165, 1.54) is 27.4 Å². The number of ether oxygens (including phenoxy) is 5. The quantitative estimate of drug-likeness (QED) is 0.341. The maximum Gasteiger partial charge on any atom is 0.343 e. The number of carbonyl (C=O) groups is 2. The second-order valence-electron chi connectivity index (χ2n) is 7.09. The lowest BCUT2D eigenvalue weighted by atomic mass is 10.0. The molecular weight excluding hydrogens is 458 g/mol.